The second-order valence-corrected chi connectivity index (χ2v) is 5.73. The molecule has 3 rings (SSSR count). The van der Waals surface area contributed by atoms with E-state index >= 15 is 0 Å². The van der Waals surface area contributed by atoms with Crippen molar-refractivity contribution >= 4 is 11.6 Å². The summed E-state index contributed by atoms with van der Waals surface area (Å²) in [6.07, 6.45) is 3.83. The quantitative estimate of drug-likeness (QED) is 0.834. The van der Waals surface area contributed by atoms with E-state index in [1.807, 2.05) is 36.0 Å². The van der Waals surface area contributed by atoms with Gasteiger partial charge in [0.1, 0.15) is 0 Å². The molecule has 2 aromatic rings. The van der Waals surface area contributed by atoms with Gasteiger partial charge in [0.15, 0.2) is 0 Å². The number of nitriles is 1. The second kappa shape index (κ2) is 5.30. The highest BCUT2D eigenvalue weighted by Crippen LogP contribution is 2.39. The van der Waals surface area contributed by atoms with Crippen LogP contribution in [0.5, 0.6) is 0 Å². The predicted octanol–water partition coefficient (Wildman–Crippen LogP) is 4.07. The third kappa shape index (κ3) is 2.21. The Hall–Kier alpha value is -1.79. The Morgan fingerprint density at radius 1 is 1.40 bits per heavy atom. The second-order valence-electron chi connectivity index (χ2n) is 5.29. The van der Waals surface area contributed by atoms with Gasteiger partial charge in [-0.2, -0.15) is 10.4 Å². The molecule has 1 heterocycles. The van der Waals surface area contributed by atoms with Crippen molar-refractivity contribution < 1.29 is 0 Å². The number of hydrogen-bond donors (Lipinski definition) is 0. The molecule has 0 bridgehead atoms. The summed E-state index contributed by atoms with van der Waals surface area (Å²) in [5.41, 5.74) is 4.64. The van der Waals surface area contributed by atoms with Gasteiger partial charge >= 0.3 is 0 Å². The van der Waals surface area contributed by atoms with Crippen molar-refractivity contribution in [2.24, 2.45) is 7.05 Å². The van der Waals surface area contributed by atoms with E-state index in [2.05, 4.69) is 11.2 Å². The normalized spacial score (nSPS) is 17.6. The minimum atomic E-state index is 0.308. The molecule has 0 aliphatic heterocycles. The molecule has 0 radical (unpaired) electrons. The molecular weight excluding hydrogens is 270 g/mol. The molecule has 1 unspecified atom stereocenters. The number of nitrogens with zero attached hydrogens (tertiary/aromatic N) is 3. The van der Waals surface area contributed by atoms with Crippen LogP contribution in [0.2, 0.25) is 5.02 Å². The average Bonchev–Trinajstić information content (AvgIpc) is 2.79. The van der Waals surface area contributed by atoms with E-state index in [1.54, 1.807) is 0 Å². The van der Waals surface area contributed by atoms with Crippen LogP contribution in [0.4, 0.5) is 0 Å². The molecule has 20 heavy (non-hydrogen) atoms. The lowest BCUT2D eigenvalue weighted by molar-refractivity contribution is 0.542. The van der Waals surface area contributed by atoms with Crippen LogP contribution in [0, 0.1) is 11.3 Å². The molecule has 0 amide bonds. The summed E-state index contributed by atoms with van der Waals surface area (Å²) in [5.74, 6) is 0.308. The number of hydrogen-bond acceptors (Lipinski definition) is 2. The highest BCUT2D eigenvalue weighted by atomic mass is 35.5. The minimum Gasteiger partial charge on any atom is -0.272 e. The van der Waals surface area contributed by atoms with Crippen LogP contribution in [0.25, 0.3) is 11.3 Å². The Bertz CT molecular complexity index is 664. The Kier molecular flexibility index (Phi) is 3.50. The molecule has 0 saturated carbocycles. The molecule has 1 aliphatic rings. The van der Waals surface area contributed by atoms with Gasteiger partial charge in [-0.1, -0.05) is 23.7 Å². The molecule has 3 nitrogen and oxygen atoms in total. The van der Waals surface area contributed by atoms with E-state index in [0.717, 1.165) is 35.5 Å². The maximum Gasteiger partial charge on any atom is 0.0961 e. The van der Waals surface area contributed by atoms with E-state index < -0.39 is 0 Å². The smallest absolute Gasteiger partial charge is 0.0961 e. The fourth-order valence-corrected chi connectivity index (χ4v) is 3.22. The van der Waals surface area contributed by atoms with E-state index in [-0.39, 0.29) is 0 Å². The van der Waals surface area contributed by atoms with Crippen LogP contribution in [0.3, 0.4) is 0 Å². The third-order valence-corrected chi connectivity index (χ3v) is 4.29. The summed E-state index contributed by atoms with van der Waals surface area (Å²) >= 11 is 5.96. The van der Waals surface area contributed by atoms with Crippen LogP contribution < -0.4 is 0 Å². The zero-order chi connectivity index (χ0) is 14.1. The molecule has 1 aromatic carbocycles. The Labute approximate surface area is 123 Å². The monoisotopic (exact) mass is 285 g/mol. The minimum absolute atomic E-state index is 0.308. The number of fused-ring (bicyclic) bond motifs is 1. The first kappa shape index (κ1) is 13.2. The van der Waals surface area contributed by atoms with Crippen molar-refractivity contribution in [2.45, 2.75) is 31.6 Å². The lowest BCUT2D eigenvalue weighted by Gasteiger charge is -2.21. The van der Waals surface area contributed by atoms with E-state index in [0.29, 0.717) is 12.3 Å². The first-order chi connectivity index (χ1) is 9.70. The molecule has 0 saturated heterocycles. The predicted molar refractivity (Wildman–Crippen MR) is 79.6 cm³/mol. The Morgan fingerprint density at radius 2 is 2.15 bits per heavy atom. The number of aromatic nitrogens is 2. The lowest BCUT2D eigenvalue weighted by Crippen LogP contribution is -2.11. The van der Waals surface area contributed by atoms with Gasteiger partial charge in [-0.05, 0) is 31.4 Å². The van der Waals surface area contributed by atoms with Crippen LogP contribution in [0.15, 0.2) is 24.3 Å². The van der Waals surface area contributed by atoms with Crippen molar-refractivity contribution in [3.8, 4) is 17.3 Å². The van der Waals surface area contributed by atoms with Crippen molar-refractivity contribution in [3.63, 3.8) is 0 Å². The van der Waals surface area contributed by atoms with E-state index in [9.17, 15) is 0 Å². The molecule has 1 aromatic heterocycles. The summed E-state index contributed by atoms with van der Waals surface area (Å²) < 4.78 is 1.98. The average molecular weight is 286 g/mol. The zero-order valence-corrected chi connectivity index (χ0v) is 12.2. The maximum absolute atomic E-state index is 9.05. The summed E-state index contributed by atoms with van der Waals surface area (Å²) in [6.45, 7) is 0. The summed E-state index contributed by atoms with van der Waals surface area (Å²) in [6, 6.07) is 10.1. The number of halogens is 1. The van der Waals surface area contributed by atoms with Crippen molar-refractivity contribution in [3.05, 3.63) is 40.5 Å². The first-order valence-electron chi connectivity index (χ1n) is 6.89. The van der Waals surface area contributed by atoms with Crippen molar-refractivity contribution in [1.82, 2.24) is 9.78 Å². The molecule has 4 heteroatoms. The van der Waals surface area contributed by atoms with E-state index in [4.69, 9.17) is 16.9 Å². The van der Waals surface area contributed by atoms with Gasteiger partial charge < -0.3 is 0 Å². The summed E-state index contributed by atoms with van der Waals surface area (Å²) in [7, 11) is 1.99. The standard InChI is InChI=1S/C16H16ClN3/c1-20-14-4-2-3-11(9-10-18)15(14)16(19-20)12-5-7-13(17)8-6-12/h5-8,11H,2-4,9H2,1H3. The summed E-state index contributed by atoms with van der Waals surface area (Å²) in [5, 5.41) is 14.5. The largest absolute Gasteiger partial charge is 0.272 e. The first-order valence-corrected chi connectivity index (χ1v) is 7.27. The number of rotatable bonds is 2. The number of aryl methyl sites for hydroxylation is 1. The van der Waals surface area contributed by atoms with Gasteiger partial charge in [-0.3, -0.25) is 4.68 Å². The molecular formula is C16H16ClN3. The lowest BCUT2D eigenvalue weighted by atomic mass is 9.82. The highest BCUT2D eigenvalue weighted by molar-refractivity contribution is 6.30. The van der Waals surface area contributed by atoms with Gasteiger partial charge in [0.2, 0.25) is 0 Å². The maximum atomic E-state index is 9.05. The molecule has 1 atom stereocenters. The fraction of sp³-hybridized carbons (Fsp3) is 0.375. The SMILES string of the molecule is Cn1nc(-c2ccc(Cl)cc2)c2c1CCCC2CC#N. The topological polar surface area (TPSA) is 41.6 Å². The van der Waals surface area contributed by atoms with Crippen LogP contribution >= 0.6 is 11.6 Å². The van der Waals surface area contributed by atoms with Crippen molar-refractivity contribution in [1.29, 1.82) is 5.26 Å². The van der Waals surface area contributed by atoms with Gasteiger partial charge in [-0.25, -0.2) is 0 Å². The van der Waals surface area contributed by atoms with Crippen LogP contribution in [0.1, 0.15) is 36.4 Å². The molecule has 0 N–H and O–H groups in total. The van der Waals surface area contributed by atoms with Crippen LogP contribution in [-0.2, 0) is 13.5 Å². The fourth-order valence-electron chi connectivity index (χ4n) is 3.10. The number of benzene rings is 1. The molecule has 0 spiro atoms. The highest BCUT2D eigenvalue weighted by Gasteiger charge is 2.28. The Balaban J connectivity index is 2.13. The van der Waals surface area contributed by atoms with E-state index in [1.165, 1.54) is 11.3 Å². The Morgan fingerprint density at radius 3 is 2.85 bits per heavy atom. The molecule has 1 aliphatic carbocycles. The third-order valence-electron chi connectivity index (χ3n) is 4.04. The van der Waals surface area contributed by atoms with Gasteiger partial charge in [0.05, 0.1) is 11.8 Å². The van der Waals surface area contributed by atoms with Gasteiger partial charge in [0, 0.05) is 41.2 Å². The van der Waals surface area contributed by atoms with Gasteiger partial charge in [-0.15, -0.1) is 0 Å². The zero-order valence-electron chi connectivity index (χ0n) is 11.4. The van der Waals surface area contributed by atoms with Gasteiger partial charge in [0.25, 0.3) is 0 Å². The van der Waals surface area contributed by atoms with Crippen molar-refractivity contribution in [2.75, 3.05) is 0 Å². The summed E-state index contributed by atoms with van der Waals surface area (Å²) in [4.78, 5) is 0. The van der Waals surface area contributed by atoms with Crippen LogP contribution in [-0.4, -0.2) is 9.78 Å². The molecule has 0 fully saturated rings. The molecule has 102 valence electrons.